The third-order valence-electron chi connectivity index (χ3n) is 1.80. The highest BCUT2D eigenvalue weighted by molar-refractivity contribution is 4.56. The number of hydrogen-bond acceptors (Lipinski definition) is 3. The summed E-state index contributed by atoms with van der Waals surface area (Å²) in [6.07, 6.45) is 4.34. The minimum absolute atomic E-state index is 0.151. The fourth-order valence-electron chi connectivity index (χ4n) is 1.01. The van der Waals surface area contributed by atoms with Gasteiger partial charge in [-0.1, -0.05) is 26.2 Å². The van der Waals surface area contributed by atoms with Gasteiger partial charge in [0.15, 0.2) is 0 Å². The molecule has 0 spiro atoms. The van der Waals surface area contributed by atoms with Crippen molar-refractivity contribution in [2.45, 2.75) is 38.7 Å². The minimum atomic E-state index is -0.601. The van der Waals surface area contributed by atoms with E-state index in [0.717, 1.165) is 13.0 Å². The molecule has 0 amide bonds. The average Bonchev–Trinajstić information content (AvgIpc) is 2.10. The van der Waals surface area contributed by atoms with Crippen LogP contribution in [0.1, 0.15) is 32.6 Å². The third-order valence-corrected chi connectivity index (χ3v) is 1.80. The van der Waals surface area contributed by atoms with E-state index in [4.69, 9.17) is 10.2 Å². The van der Waals surface area contributed by atoms with Crippen molar-refractivity contribution in [1.82, 2.24) is 5.32 Å². The summed E-state index contributed by atoms with van der Waals surface area (Å²) >= 11 is 0. The molecule has 0 heterocycles. The first-order valence-corrected chi connectivity index (χ1v) is 4.81. The number of unbranched alkanes of at least 4 members (excludes halogenated alkanes) is 3. The zero-order valence-corrected chi connectivity index (χ0v) is 7.92. The van der Waals surface area contributed by atoms with Crippen LogP contribution in [0.4, 0.5) is 0 Å². The zero-order chi connectivity index (χ0) is 9.23. The van der Waals surface area contributed by atoms with Crippen molar-refractivity contribution < 1.29 is 10.2 Å². The lowest BCUT2D eigenvalue weighted by Crippen LogP contribution is -2.29. The largest absolute Gasteiger partial charge is 0.394 e. The quantitative estimate of drug-likeness (QED) is 0.471. The topological polar surface area (TPSA) is 52.5 Å². The highest BCUT2D eigenvalue weighted by atomic mass is 16.3. The Bertz CT molecular complexity index is 88.6. The molecule has 0 aromatic heterocycles. The molecule has 0 aromatic rings. The predicted octanol–water partition coefficient (Wildman–Crippen LogP) is 0.510. The maximum Gasteiger partial charge on any atom is 0.0894 e. The van der Waals surface area contributed by atoms with Crippen LogP contribution in [0.5, 0.6) is 0 Å². The van der Waals surface area contributed by atoms with E-state index in [1.807, 2.05) is 0 Å². The summed E-state index contributed by atoms with van der Waals surface area (Å²) in [6.45, 7) is 3.48. The molecule has 0 radical (unpaired) electrons. The van der Waals surface area contributed by atoms with E-state index in [9.17, 15) is 0 Å². The second-order valence-electron chi connectivity index (χ2n) is 3.10. The molecule has 0 rings (SSSR count). The fraction of sp³-hybridized carbons (Fsp3) is 1.00. The summed E-state index contributed by atoms with van der Waals surface area (Å²) in [6, 6.07) is 0. The van der Waals surface area contributed by atoms with Crippen molar-refractivity contribution in [1.29, 1.82) is 0 Å². The lowest BCUT2D eigenvalue weighted by atomic mass is 10.2. The summed E-state index contributed by atoms with van der Waals surface area (Å²) in [5.41, 5.74) is 0. The molecule has 12 heavy (non-hydrogen) atoms. The molecule has 0 aliphatic heterocycles. The Hall–Kier alpha value is -0.120. The first-order chi connectivity index (χ1) is 5.81. The first kappa shape index (κ1) is 11.9. The van der Waals surface area contributed by atoms with Crippen LogP contribution >= 0.6 is 0 Å². The second-order valence-corrected chi connectivity index (χ2v) is 3.10. The number of hydrogen-bond donors (Lipinski definition) is 3. The Kier molecular flexibility index (Phi) is 8.88. The van der Waals surface area contributed by atoms with Crippen molar-refractivity contribution in [3.8, 4) is 0 Å². The van der Waals surface area contributed by atoms with Gasteiger partial charge >= 0.3 is 0 Å². The maximum absolute atomic E-state index is 8.95. The van der Waals surface area contributed by atoms with Crippen LogP contribution < -0.4 is 5.32 Å². The van der Waals surface area contributed by atoms with E-state index in [-0.39, 0.29) is 6.61 Å². The van der Waals surface area contributed by atoms with Gasteiger partial charge in [0.2, 0.25) is 0 Å². The van der Waals surface area contributed by atoms with E-state index in [2.05, 4.69) is 12.2 Å². The molecule has 1 unspecified atom stereocenters. The molecule has 0 saturated heterocycles. The third kappa shape index (κ3) is 7.98. The number of aliphatic hydroxyl groups is 2. The van der Waals surface area contributed by atoms with Gasteiger partial charge in [-0.25, -0.2) is 0 Å². The molecule has 0 aliphatic carbocycles. The van der Waals surface area contributed by atoms with Crippen molar-refractivity contribution in [3.05, 3.63) is 0 Å². The van der Waals surface area contributed by atoms with Crippen molar-refractivity contribution in [2.24, 2.45) is 0 Å². The summed E-state index contributed by atoms with van der Waals surface area (Å²) in [4.78, 5) is 0. The molecule has 3 heteroatoms. The Morgan fingerprint density at radius 1 is 1.25 bits per heavy atom. The van der Waals surface area contributed by atoms with Crippen LogP contribution in [0.3, 0.4) is 0 Å². The highest BCUT2D eigenvalue weighted by Crippen LogP contribution is 1.96. The molecule has 0 fully saturated rings. The van der Waals surface area contributed by atoms with E-state index in [0.29, 0.717) is 6.54 Å². The van der Waals surface area contributed by atoms with Crippen LogP contribution in [-0.4, -0.2) is 36.0 Å². The Balaban J connectivity index is 2.90. The average molecular weight is 175 g/mol. The Morgan fingerprint density at radius 3 is 2.58 bits per heavy atom. The van der Waals surface area contributed by atoms with Crippen LogP contribution in [0.15, 0.2) is 0 Å². The normalized spacial score (nSPS) is 13.2. The smallest absolute Gasteiger partial charge is 0.0894 e. The van der Waals surface area contributed by atoms with E-state index >= 15 is 0 Å². The van der Waals surface area contributed by atoms with Crippen LogP contribution in [0.25, 0.3) is 0 Å². The number of nitrogens with one attached hydrogen (secondary N) is 1. The molecule has 0 aliphatic rings. The van der Waals surface area contributed by atoms with E-state index < -0.39 is 6.10 Å². The molecular formula is C9H21NO2. The van der Waals surface area contributed by atoms with Gasteiger partial charge in [-0.15, -0.1) is 0 Å². The maximum atomic E-state index is 8.95. The van der Waals surface area contributed by atoms with Crippen molar-refractivity contribution in [3.63, 3.8) is 0 Å². The van der Waals surface area contributed by atoms with Gasteiger partial charge < -0.3 is 15.5 Å². The zero-order valence-electron chi connectivity index (χ0n) is 7.92. The lowest BCUT2D eigenvalue weighted by molar-refractivity contribution is 0.0945. The predicted molar refractivity (Wildman–Crippen MR) is 50.1 cm³/mol. The Labute approximate surface area is 74.8 Å². The first-order valence-electron chi connectivity index (χ1n) is 4.81. The van der Waals surface area contributed by atoms with Gasteiger partial charge in [-0.05, 0) is 13.0 Å². The van der Waals surface area contributed by atoms with Gasteiger partial charge in [-0.2, -0.15) is 0 Å². The van der Waals surface area contributed by atoms with Crippen molar-refractivity contribution >= 4 is 0 Å². The van der Waals surface area contributed by atoms with Crippen molar-refractivity contribution in [2.75, 3.05) is 19.7 Å². The molecule has 3 nitrogen and oxygen atoms in total. The minimum Gasteiger partial charge on any atom is -0.394 e. The molecule has 0 saturated carbocycles. The van der Waals surface area contributed by atoms with Gasteiger partial charge in [-0.3, -0.25) is 0 Å². The SMILES string of the molecule is CCCCCCNCC(O)CO. The van der Waals surface area contributed by atoms with Crippen LogP contribution in [0, 0.1) is 0 Å². The lowest BCUT2D eigenvalue weighted by Gasteiger charge is -2.07. The summed E-state index contributed by atoms with van der Waals surface area (Å²) in [7, 11) is 0. The summed E-state index contributed by atoms with van der Waals surface area (Å²) in [5, 5.41) is 20.5. The standard InChI is InChI=1S/C9H21NO2/c1-2-3-4-5-6-10-7-9(12)8-11/h9-12H,2-8H2,1H3. The monoisotopic (exact) mass is 175 g/mol. The summed E-state index contributed by atoms with van der Waals surface area (Å²) < 4.78 is 0. The molecule has 1 atom stereocenters. The number of rotatable bonds is 8. The van der Waals surface area contributed by atoms with Crippen LogP contribution in [0.2, 0.25) is 0 Å². The molecule has 3 N–H and O–H groups in total. The molecule has 0 aromatic carbocycles. The molecular weight excluding hydrogens is 154 g/mol. The van der Waals surface area contributed by atoms with Gasteiger partial charge in [0.05, 0.1) is 12.7 Å². The van der Waals surface area contributed by atoms with Gasteiger partial charge in [0.1, 0.15) is 0 Å². The fourth-order valence-corrected chi connectivity index (χ4v) is 1.01. The summed E-state index contributed by atoms with van der Waals surface area (Å²) in [5.74, 6) is 0. The highest BCUT2D eigenvalue weighted by Gasteiger charge is 1.98. The van der Waals surface area contributed by atoms with Crippen LogP contribution in [-0.2, 0) is 0 Å². The Morgan fingerprint density at radius 2 is 2.00 bits per heavy atom. The number of aliphatic hydroxyl groups excluding tert-OH is 2. The molecule has 74 valence electrons. The van der Waals surface area contributed by atoms with E-state index in [1.54, 1.807) is 0 Å². The van der Waals surface area contributed by atoms with Gasteiger partial charge in [0, 0.05) is 6.54 Å². The van der Waals surface area contributed by atoms with E-state index in [1.165, 1.54) is 19.3 Å². The molecule has 0 bridgehead atoms. The van der Waals surface area contributed by atoms with Gasteiger partial charge in [0.25, 0.3) is 0 Å². The second kappa shape index (κ2) is 8.97.